The molecule has 2 aromatic rings. The van der Waals surface area contributed by atoms with E-state index in [0.717, 1.165) is 22.2 Å². The van der Waals surface area contributed by atoms with Gasteiger partial charge in [-0.3, -0.25) is 0 Å². The first-order chi connectivity index (χ1) is 9.86. The van der Waals surface area contributed by atoms with Gasteiger partial charge in [0, 0.05) is 4.47 Å². The third-order valence-corrected chi connectivity index (χ3v) is 3.91. The lowest BCUT2D eigenvalue weighted by molar-refractivity contribution is -0.137. The maximum Gasteiger partial charge on any atom is 0.416 e. The van der Waals surface area contributed by atoms with Crippen LogP contribution in [0.2, 0.25) is 0 Å². The first-order valence-electron chi connectivity index (χ1n) is 6.44. The van der Waals surface area contributed by atoms with Crippen molar-refractivity contribution in [2.45, 2.75) is 25.1 Å². The van der Waals surface area contributed by atoms with E-state index in [4.69, 9.17) is 0 Å². The summed E-state index contributed by atoms with van der Waals surface area (Å²) >= 11 is 3.39. The van der Waals surface area contributed by atoms with Crippen LogP contribution in [0.3, 0.4) is 0 Å². The fourth-order valence-electron chi connectivity index (χ4n) is 2.14. The molecule has 1 atom stereocenters. The number of hydrogen-bond acceptors (Lipinski definition) is 1. The summed E-state index contributed by atoms with van der Waals surface area (Å²) in [4.78, 5) is 0. The van der Waals surface area contributed by atoms with Gasteiger partial charge in [0.05, 0.1) is 11.7 Å². The predicted octanol–water partition coefficient (Wildman–Crippen LogP) is 4.61. The summed E-state index contributed by atoms with van der Waals surface area (Å²) in [5.74, 6) is 0. The molecule has 5 heteroatoms. The second-order valence-corrected chi connectivity index (χ2v) is 5.71. The fourth-order valence-corrected chi connectivity index (χ4v) is 2.58. The molecule has 0 radical (unpaired) electrons. The summed E-state index contributed by atoms with van der Waals surface area (Å²) in [6, 6.07) is 12.5. The Morgan fingerprint density at radius 1 is 1.00 bits per heavy atom. The van der Waals surface area contributed by atoms with Gasteiger partial charge in [0.25, 0.3) is 0 Å². The van der Waals surface area contributed by atoms with Crippen LogP contribution in [-0.2, 0) is 19.0 Å². The van der Waals surface area contributed by atoms with E-state index in [1.165, 1.54) is 6.07 Å². The van der Waals surface area contributed by atoms with Crippen LogP contribution in [-0.4, -0.2) is 11.2 Å². The van der Waals surface area contributed by atoms with E-state index < -0.39 is 17.8 Å². The van der Waals surface area contributed by atoms with Gasteiger partial charge in [-0.25, -0.2) is 0 Å². The minimum atomic E-state index is -4.36. The molecule has 0 bridgehead atoms. The molecule has 1 unspecified atom stereocenters. The van der Waals surface area contributed by atoms with E-state index in [-0.39, 0.29) is 6.42 Å². The molecule has 0 aliphatic rings. The molecule has 2 rings (SSSR count). The van der Waals surface area contributed by atoms with Crippen LogP contribution < -0.4 is 0 Å². The van der Waals surface area contributed by atoms with Crippen molar-refractivity contribution >= 4 is 15.9 Å². The van der Waals surface area contributed by atoms with Crippen LogP contribution in [0, 0.1) is 0 Å². The Morgan fingerprint density at radius 2 is 1.71 bits per heavy atom. The summed E-state index contributed by atoms with van der Waals surface area (Å²) in [5.41, 5.74) is 0.717. The van der Waals surface area contributed by atoms with Gasteiger partial charge < -0.3 is 5.11 Å². The Labute approximate surface area is 129 Å². The van der Waals surface area contributed by atoms with Crippen molar-refractivity contribution in [2.24, 2.45) is 0 Å². The minimum Gasteiger partial charge on any atom is -0.392 e. The van der Waals surface area contributed by atoms with Crippen molar-refractivity contribution < 1.29 is 18.3 Å². The van der Waals surface area contributed by atoms with E-state index in [9.17, 15) is 18.3 Å². The summed E-state index contributed by atoms with van der Waals surface area (Å²) < 4.78 is 38.8. The van der Waals surface area contributed by atoms with Crippen LogP contribution in [0.15, 0.2) is 53.0 Å². The van der Waals surface area contributed by atoms with Crippen LogP contribution in [0.4, 0.5) is 13.2 Å². The topological polar surface area (TPSA) is 20.2 Å². The second-order valence-electron chi connectivity index (χ2n) is 4.85. The second kappa shape index (κ2) is 6.62. The third kappa shape index (κ3) is 4.58. The maximum atomic E-state index is 12.6. The molecule has 0 saturated carbocycles. The number of aliphatic hydroxyl groups excluding tert-OH is 1. The quantitative estimate of drug-likeness (QED) is 0.845. The van der Waals surface area contributed by atoms with Crippen LogP contribution in [0.25, 0.3) is 0 Å². The van der Waals surface area contributed by atoms with E-state index >= 15 is 0 Å². The smallest absolute Gasteiger partial charge is 0.392 e. The maximum absolute atomic E-state index is 12.6. The van der Waals surface area contributed by atoms with Gasteiger partial charge in [-0.05, 0) is 36.1 Å². The average molecular weight is 359 g/mol. The highest BCUT2D eigenvalue weighted by atomic mass is 79.9. The zero-order valence-corrected chi connectivity index (χ0v) is 12.7. The van der Waals surface area contributed by atoms with Crippen molar-refractivity contribution in [3.05, 3.63) is 69.7 Å². The molecule has 0 spiro atoms. The van der Waals surface area contributed by atoms with Gasteiger partial charge in [-0.1, -0.05) is 52.3 Å². The molecule has 21 heavy (non-hydrogen) atoms. The predicted molar refractivity (Wildman–Crippen MR) is 79.0 cm³/mol. The zero-order chi connectivity index (χ0) is 15.5. The third-order valence-electron chi connectivity index (χ3n) is 3.14. The van der Waals surface area contributed by atoms with Crippen molar-refractivity contribution in [1.82, 2.24) is 0 Å². The molecule has 1 N–H and O–H groups in total. The molecule has 0 saturated heterocycles. The Bertz CT molecular complexity index is 610. The number of rotatable bonds is 4. The lowest BCUT2D eigenvalue weighted by Gasteiger charge is -2.13. The Hall–Kier alpha value is -1.33. The standard InChI is InChI=1S/C16H14BrF3O/c17-15-7-2-1-5-12(15)10-14(21)9-11-4-3-6-13(8-11)16(18,19)20/h1-8,14,21H,9-10H2. The number of hydrogen-bond donors (Lipinski definition) is 1. The largest absolute Gasteiger partial charge is 0.416 e. The molecule has 0 aliphatic heterocycles. The monoisotopic (exact) mass is 358 g/mol. The molecule has 0 heterocycles. The number of halogens is 4. The highest BCUT2D eigenvalue weighted by Gasteiger charge is 2.30. The Morgan fingerprint density at radius 3 is 2.38 bits per heavy atom. The number of aliphatic hydroxyl groups is 1. The fraction of sp³-hybridized carbons (Fsp3) is 0.250. The van der Waals surface area contributed by atoms with E-state index in [1.54, 1.807) is 6.07 Å². The van der Waals surface area contributed by atoms with Crippen molar-refractivity contribution in [3.8, 4) is 0 Å². The normalized spacial score (nSPS) is 13.2. The minimum absolute atomic E-state index is 0.186. The van der Waals surface area contributed by atoms with Crippen molar-refractivity contribution in [3.63, 3.8) is 0 Å². The number of alkyl halides is 3. The van der Waals surface area contributed by atoms with Gasteiger partial charge in [-0.15, -0.1) is 0 Å². The SMILES string of the molecule is OC(Cc1cccc(C(F)(F)F)c1)Cc1ccccc1Br. The van der Waals surface area contributed by atoms with E-state index in [1.807, 2.05) is 24.3 Å². The molecule has 2 aromatic carbocycles. The molecule has 0 fully saturated rings. The summed E-state index contributed by atoms with van der Waals surface area (Å²) in [6.07, 6.45) is -4.51. The first kappa shape index (κ1) is 16.0. The molecule has 0 aliphatic carbocycles. The molecule has 1 nitrogen and oxygen atoms in total. The van der Waals surface area contributed by atoms with Crippen molar-refractivity contribution in [1.29, 1.82) is 0 Å². The zero-order valence-electron chi connectivity index (χ0n) is 11.1. The van der Waals surface area contributed by atoms with Gasteiger partial charge in [0.1, 0.15) is 0 Å². The number of benzene rings is 2. The summed E-state index contributed by atoms with van der Waals surface area (Å²) in [7, 11) is 0. The lowest BCUT2D eigenvalue weighted by atomic mass is 10.00. The molecular formula is C16H14BrF3O. The highest BCUT2D eigenvalue weighted by molar-refractivity contribution is 9.10. The van der Waals surface area contributed by atoms with Crippen molar-refractivity contribution in [2.75, 3.05) is 0 Å². The summed E-state index contributed by atoms with van der Waals surface area (Å²) in [6.45, 7) is 0. The van der Waals surface area contributed by atoms with Crippen LogP contribution >= 0.6 is 15.9 Å². The highest BCUT2D eigenvalue weighted by Crippen LogP contribution is 2.30. The van der Waals surface area contributed by atoms with Crippen LogP contribution in [0.1, 0.15) is 16.7 Å². The van der Waals surface area contributed by atoms with Crippen LogP contribution in [0.5, 0.6) is 0 Å². The molecule has 0 amide bonds. The average Bonchev–Trinajstić information content (AvgIpc) is 2.41. The molecule has 0 aromatic heterocycles. The lowest BCUT2D eigenvalue weighted by Crippen LogP contribution is -2.15. The first-order valence-corrected chi connectivity index (χ1v) is 7.23. The Balaban J connectivity index is 2.06. The van der Waals surface area contributed by atoms with Gasteiger partial charge in [-0.2, -0.15) is 13.2 Å². The van der Waals surface area contributed by atoms with E-state index in [0.29, 0.717) is 12.0 Å². The molecular weight excluding hydrogens is 345 g/mol. The van der Waals surface area contributed by atoms with E-state index in [2.05, 4.69) is 15.9 Å². The van der Waals surface area contributed by atoms with Gasteiger partial charge in [0.2, 0.25) is 0 Å². The van der Waals surface area contributed by atoms with Gasteiger partial charge in [0.15, 0.2) is 0 Å². The Kier molecular flexibility index (Phi) is 5.06. The summed E-state index contributed by atoms with van der Waals surface area (Å²) in [5, 5.41) is 10.1. The van der Waals surface area contributed by atoms with Gasteiger partial charge >= 0.3 is 6.18 Å². The molecule has 112 valence electrons.